The molecule has 9 heteroatoms. The Bertz CT molecular complexity index is 1120. The lowest BCUT2D eigenvalue weighted by Crippen LogP contribution is -2.51. The highest BCUT2D eigenvalue weighted by molar-refractivity contribution is 7.92. The first-order chi connectivity index (χ1) is 15.8. The molecule has 1 N–H and O–H groups in total. The Morgan fingerprint density at radius 3 is 2.21 bits per heavy atom. The smallest absolute Gasteiger partial charge is 0.244 e. The number of anilines is 1. The van der Waals surface area contributed by atoms with Crippen LogP contribution in [-0.4, -0.2) is 50.5 Å². The van der Waals surface area contributed by atoms with Gasteiger partial charge in [-0.25, -0.2) is 8.42 Å². The van der Waals surface area contributed by atoms with Crippen molar-refractivity contribution in [2.75, 3.05) is 23.7 Å². The summed E-state index contributed by atoms with van der Waals surface area (Å²) in [6.45, 7) is 9.46. The molecule has 0 fully saturated rings. The summed E-state index contributed by atoms with van der Waals surface area (Å²) in [6.07, 6.45) is 1.07. The molecule has 2 aromatic rings. The average Bonchev–Trinajstić information content (AvgIpc) is 2.75. The van der Waals surface area contributed by atoms with Gasteiger partial charge in [-0.3, -0.25) is 13.9 Å². The number of hydrogen-bond acceptors (Lipinski definition) is 4. The van der Waals surface area contributed by atoms with Gasteiger partial charge in [-0.05, 0) is 61.6 Å². The fraction of sp³-hybridized carbons (Fsp3) is 0.440. The first-order valence-corrected chi connectivity index (χ1v) is 13.4. The molecule has 0 saturated carbocycles. The number of aryl methyl sites for hydroxylation is 2. The number of amides is 2. The third-order valence-corrected chi connectivity index (χ3v) is 6.81. The minimum atomic E-state index is -3.76. The molecule has 0 aromatic heterocycles. The van der Waals surface area contributed by atoms with E-state index >= 15 is 0 Å². The predicted octanol–water partition coefficient (Wildman–Crippen LogP) is 3.91. The molecule has 0 heterocycles. The second-order valence-corrected chi connectivity index (χ2v) is 11.4. The van der Waals surface area contributed by atoms with Crippen LogP contribution in [0.25, 0.3) is 0 Å². The number of nitrogens with zero attached hydrogens (tertiary/aromatic N) is 2. The maximum absolute atomic E-state index is 13.5. The van der Waals surface area contributed by atoms with Crippen molar-refractivity contribution in [3.05, 3.63) is 64.2 Å². The maximum atomic E-state index is 13.5. The maximum Gasteiger partial charge on any atom is 0.244 e. The number of sulfonamides is 1. The molecule has 0 spiro atoms. The molecule has 2 amide bonds. The summed E-state index contributed by atoms with van der Waals surface area (Å²) >= 11 is 5.99. The van der Waals surface area contributed by atoms with Crippen LogP contribution < -0.4 is 9.62 Å². The van der Waals surface area contributed by atoms with Crippen LogP contribution >= 0.6 is 11.6 Å². The lowest BCUT2D eigenvalue weighted by atomic mass is 10.1. The molecule has 2 aromatic carbocycles. The SMILES string of the molecule is Cc1ccc(C)c(N(CC(=O)N(Cc2ccc(Cl)cc2)[C@H](C)C(=O)NCC(C)C)S(C)(=O)=O)c1. The quantitative estimate of drug-likeness (QED) is 0.528. The Hall–Kier alpha value is -2.58. The first kappa shape index (κ1) is 27.7. The van der Waals surface area contributed by atoms with E-state index in [0.717, 1.165) is 27.3 Å². The second-order valence-electron chi connectivity index (χ2n) is 9.02. The Balaban J connectivity index is 2.40. The van der Waals surface area contributed by atoms with E-state index < -0.39 is 28.5 Å². The van der Waals surface area contributed by atoms with E-state index in [9.17, 15) is 18.0 Å². The van der Waals surface area contributed by atoms with Gasteiger partial charge in [-0.2, -0.15) is 0 Å². The molecular weight excluding hydrogens is 474 g/mol. The molecule has 7 nitrogen and oxygen atoms in total. The molecule has 0 saturated heterocycles. The summed E-state index contributed by atoms with van der Waals surface area (Å²) in [5.41, 5.74) is 2.83. The third-order valence-electron chi connectivity index (χ3n) is 5.43. The van der Waals surface area contributed by atoms with E-state index in [1.807, 2.05) is 32.9 Å². The number of rotatable bonds is 10. The van der Waals surface area contributed by atoms with E-state index in [1.54, 1.807) is 44.2 Å². The molecule has 0 bridgehead atoms. The van der Waals surface area contributed by atoms with E-state index in [2.05, 4.69) is 5.32 Å². The van der Waals surface area contributed by atoms with E-state index in [-0.39, 0.29) is 18.4 Å². The summed E-state index contributed by atoms with van der Waals surface area (Å²) in [6, 6.07) is 11.6. The van der Waals surface area contributed by atoms with Crippen molar-refractivity contribution >= 4 is 39.1 Å². The van der Waals surface area contributed by atoms with Gasteiger partial charge in [0, 0.05) is 18.1 Å². The zero-order chi connectivity index (χ0) is 25.6. The zero-order valence-electron chi connectivity index (χ0n) is 20.6. The summed E-state index contributed by atoms with van der Waals surface area (Å²) in [7, 11) is -3.76. The minimum Gasteiger partial charge on any atom is -0.354 e. The van der Waals surface area contributed by atoms with Crippen molar-refractivity contribution in [2.24, 2.45) is 5.92 Å². The summed E-state index contributed by atoms with van der Waals surface area (Å²) in [5.74, 6) is -0.524. The Kier molecular flexibility index (Phi) is 9.53. The molecule has 0 aliphatic heterocycles. The molecule has 34 heavy (non-hydrogen) atoms. The van der Waals surface area contributed by atoms with Gasteiger partial charge in [-0.15, -0.1) is 0 Å². The fourth-order valence-corrected chi connectivity index (χ4v) is 4.43. The Morgan fingerprint density at radius 1 is 1.03 bits per heavy atom. The van der Waals surface area contributed by atoms with Gasteiger partial charge in [0.2, 0.25) is 21.8 Å². The van der Waals surface area contributed by atoms with E-state index in [1.165, 1.54) is 4.90 Å². The van der Waals surface area contributed by atoms with E-state index in [4.69, 9.17) is 11.6 Å². The molecule has 2 rings (SSSR count). The molecule has 0 radical (unpaired) electrons. The minimum absolute atomic E-state index is 0.136. The number of carbonyl (C=O) groups excluding carboxylic acids is 2. The molecule has 0 unspecified atom stereocenters. The monoisotopic (exact) mass is 507 g/mol. The highest BCUT2D eigenvalue weighted by Crippen LogP contribution is 2.24. The van der Waals surface area contributed by atoms with Crippen LogP contribution in [0.1, 0.15) is 37.5 Å². The number of benzene rings is 2. The lowest BCUT2D eigenvalue weighted by Gasteiger charge is -2.32. The van der Waals surface area contributed by atoms with Crippen molar-refractivity contribution in [1.29, 1.82) is 0 Å². The third kappa shape index (κ3) is 7.74. The highest BCUT2D eigenvalue weighted by Gasteiger charge is 2.30. The van der Waals surface area contributed by atoms with Crippen LogP contribution in [0.2, 0.25) is 5.02 Å². The molecular formula is C25H34ClN3O4S. The number of carbonyl (C=O) groups is 2. The van der Waals surface area contributed by atoms with Crippen LogP contribution in [0.4, 0.5) is 5.69 Å². The highest BCUT2D eigenvalue weighted by atomic mass is 35.5. The van der Waals surface area contributed by atoms with Crippen LogP contribution in [0.3, 0.4) is 0 Å². The lowest BCUT2D eigenvalue weighted by molar-refractivity contribution is -0.139. The van der Waals surface area contributed by atoms with Crippen LogP contribution in [-0.2, 0) is 26.2 Å². The van der Waals surface area contributed by atoms with Crippen LogP contribution in [0.15, 0.2) is 42.5 Å². The van der Waals surface area contributed by atoms with E-state index in [0.29, 0.717) is 17.3 Å². The number of nitrogens with one attached hydrogen (secondary N) is 1. The summed E-state index contributed by atoms with van der Waals surface area (Å²) in [4.78, 5) is 27.8. The van der Waals surface area contributed by atoms with Gasteiger partial charge in [0.05, 0.1) is 11.9 Å². The van der Waals surface area contributed by atoms with Crippen LogP contribution in [0.5, 0.6) is 0 Å². The Labute approximate surface area is 208 Å². The van der Waals surface area contributed by atoms with Gasteiger partial charge >= 0.3 is 0 Å². The molecule has 186 valence electrons. The summed E-state index contributed by atoms with van der Waals surface area (Å²) in [5, 5.41) is 3.42. The van der Waals surface area contributed by atoms with Crippen molar-refractivity contribution in [3.63, 3.8) is 0 Å². The number of halogens is 1. The zero-order valence-corrected chi connectivity index (χ0v) is 22.2. The average molecular weight is 508 g/mol. The first-order valence-electron chi connectivity index (χ1n) is 11.2. The standard InChI is InChI=1S/C25H34ClN3O4S/c1-17(2)14-27-25(31)20(5)28(15-21-9-11-22(26)12-10-21)24(30)16-29(34(6,32)33)23-13-18(3)7-8-19(23)4/h7-13,17,20H,14-16H2,1-6H3,(H,27,31)/t20-/m1/s1. The van der Waals surface area contributed by atoms with Gasteiger partial charge in [-0.1, -0.05) is 49.7 Å². The topological polar surface area (TPSA) is 86.8 Å². The van der Waals surface area contributed by atoms with Gasteiger partial charge < -0.3 is 10.2 Å². The Morgan fingerprint density at radius 2 is 1.65 bits per heavy atom. The van der Waals surface area contributed by atoms with Crippen molar-refractivity contribution < 1.29 is 18.0 Å². The van der Waals surface area contributed by atoms with Crippen LogP contribution in [0, 0.1) is 19.8 Å². The summed E-state index contributed by atoms with van der Waals surface area (Å²) < 4.78 is 26.5. The number of hydrogen-bond donors (Lipinski definition) is 1. The normalized spacial score (nSPS) is 12.4. The van der Waals surface area contributed by atoms with Crippen molar-refractivity contribution in [2.45, 2.75) is 47.2 Å². The van der Waals surface area contributed by atoms with Gasteiger partial charge in [0.15, 0.2) is 0 Å². The van der Waals surface area contributed by atoms with Gasteiger partial charge in [0.25, 0.3) is 0 Å². The van der Waals surface area contributed by atoms with Gasteiger partial charge in [0.1, 0.15) is 12.6 Å². The second kappa shape index (κ2) is 11.7. The largest absolute Gasteiger partial charge is 0.354 e. The molecule has 0 aliphatic carbocycles. The predicted molar refractivity (Wildman–Crippen MR) is 137 cm³/mol. The fourth-order valence-electron chi connectivity index (χ4n) is 3.40. The van der Waals surface area contributed by atoms with Crippen molar-refractivity contribution in [1.82, 2.24) is 10.2 Å². The molecule has 1 atom stereocenters. The molecule has 0 aliphatic rings. The van der Waals surface area contributed by atoms with Crippen molar-refractivity contribution in [3.8, 4) is 0 Å².